The summed E-state index contributed by atoms with van der Waals surface area (Å²) in [7, 11) is 0. The first-order valence-corrected chi connectivity index (χ1v) is 9.38. The van der Waals surface area contributed by atoms with Crippen molar-refractivity contribution in [3.8, 4) is 0 Å². The van der Waals surface area contributed by atoms with E-state index in [1.54, 1.807) is 0 Å². The zero-order chi connectivity index (χ0) is 16.8. The summed E-state index contributed by atoms with van der Waals surface area (Å²) in [5, 5.41) is 0. The van der Waals surface area contributed by atoms with Gasteiger partial charge < -0.3 is 9.47 Å². The molecule has 4 heteroatoms. The molecule has 4 nitrogen and oxygen atoms in total. The van der Waals surface area contributed by atoms with Crippen molar-refractivity contribution in [3.63, 3.8) is 0 Å². The van der Waals surface area contributed by atoms with Gasteiger partial charge in [-0.25, -0.2) is 4.98 Å². The molecule has 0 N–H and O–H groups in total. The Hall–Kier alpha value is -1.84. The van der Waals surface area contributed by atoms with E-state index < -0.39 is 0 Å². The summed E-state index contributed by atoms with van der Waals surface area (Å²) in [5.41, 5.74) is 0. The van der Waals surface area contributed by atoms with Crippen LogP contribution in [0.25, 0.3) is 0 Å². The second-order valence-electron chi connectivity index (χ2n) is 7.14. The molecular weight excluding hydrogens is 298 g/mol. The molecule has 1 aliphatic heterocycles. The Morgan fingerprint density at radius 3 is 2.96 bits per heavy atom. The standard InChI is InChI=1S/C20H29N3O/c1-2-7-18-14-20(24)23(15-18)19(22-13-12-21-16-22)11-6-10-17-8-4-3-5-9-17/h3-5,8,12-13,16-19H,2,6-7,9-11,14-15H2,1H3. The van der Waals surface area contributed by atoms with Crippen molar-refractivity contribution in [2.75, 3.05) is 6.54 Å². The molecule has 1 saturated heterocycles. The summed E-state index contributed by atoms with van der Waals surface area (Å²) in [6, 6.07) is 0. The minimum atomic E-state index is 0.130. The number of nitrogens with zero attached hydrogens (tertiary/aromatic N) is 3. The average Bonchev–Trinajstić information content (AvgIpc) is 3.23. The lowest BCUT2D eigenvalue weighted by Gasteiger charge is -2.30. The number of likely N-dealkylation sites (tertiary alicyclic amines) is 1. The molecule has 1 aromatic rings. The van der Waals surface area contributed by atoms with Gasteiger partial charge in [-0.3, -0.25) is 4.79 Å². The molecule has 0 saturated carbocycles. The Balaban J connectivity index is 1.60. The Morgan fingerprint density at radius 1 is 1.33 bits per heavy atom. The molecular formula is C20H29N3O. The van der Waals surface area contributed by atoms with Crippen LogP contribution in [-0.2, 0) is 4.79 Å². The number of aromatic nitrogens is 2. The quantitative estimate of drug-likeness (QED) is 0.712. The van der Waals surface area contributed by atoms with Gasteiger partial charge in [-0.05, 0) is 43.9 Å². The molecule has 2 aliphatic rings. The van der Waals surface area contributed by atoms with E-state index in [1.807, 2.05) is 18.7 Å². The molecule has 0 radical (unpaired) electrons. The van der Waals surface area contributed by atoms with Crippen LogP contribution in [0.2, 0.25) is 0 Å². The Bertz CT molecular complexity index is 576. The van der Waals surface area contributed by atoms with Crippen LogP contribution in [-0.4, -0.2) is 26.9 Å². The second kappa shape index (κ2) is 8.32. The predicted octanol–water partition coefficient (Wildman–Crippen LogP) is 4.33. The number of carbonyl (C=O) groups is 1. The number of imidazole rings is 1. The molecule has 3 rings (SSSR count). The van der Waals surface area contributed by atoms with Crippen molar-refractivity contribution < 1.29 is 4.79 Å². The van der Waals surface area contributed by atoms with Crippen molar-refractivity contribution in [1.29, 1.82) is 0 Å². The van der Waals surface area contributed by atoms with Crippen LogP contribution >= 0.6 is 0 Å². The van der Waals surface area contributed by atoms with Crippen LogP contribution < -0.4 is 0 Å². The van der Waals surface area contributed by atoms with E-state index in [9.17, 15) is 4.79 Å². The highest BCUT2D eigenvalue weighted by Crippen LogP contribution is 2.31. The highest BCUT2D eigenvalue weighted by atomic mass is 16.2. The molecule has 0 bridgehead atoms. The Kier molecular flexibility index (Phi) is 5.89. The number of allylic oxidation sites excluding steroid dienone is 4. The fourth-order valence-corrected chi connectivity index (χ4v) is 4.02. The van der Waals surface area contributed by atoms with Crippen LogP contribution in [0.5, 0.6) is 0 Å². The van der Waals surface area contributed by atoms with Gasteiger partial charge in [0.1, 0.15) is 6.17 Å². The molecule has 24 heavy (non-hydrogen) atoms. The van der Waals surface area contributed by atoms with Crippen molar-refractivity contribution in [2.45, 2.75) is 58.0 Å². The molecule has 3 atom stereocenters. The molecule has 130 valence electrons. The lowest BCUT2D eigenvalue weighted by atomic mass is 9.94. The molecule has 3 unspecified atom stereocenters. The summed E-state index contributed by atoms with van der Waals surface area (Å²) >= 11 is 0. The number of amides is 1. The molecule has 2 heterocycles. The van der Waals surface area contributed by atoms with Gasteiger partial charge in [0.2, 0.25) is 5.91 Å². The molecule has 1 amide bonds. The number of hydrogen-bond acceptors (Lipinski definition) is 2. The third-order valence-electron chi connectivity index (χ3n) is 5.27. The summed E-state index contributed by atoms with van der Waals surface area (Å²) in [6.07, 6.45) is 22.1. The smallest absolute Gasteiger partial charge is 0.224 e. The van der Waals surface area contributed by atoms with Crippen LogP contribution in [0.4, 0.5) is 0 Å². The van der Waals surface area contributed by atoms with E-state index in [1.165, 1.54) is 6.42 Å². The first-order valence-electron chi connectivity index (χ1n) is 9.38. The van der Waals surface area contributed by atoms with Crippen molar-refractivity contribution in [2.24, 2.45) is 11.8 Å². The van der Waals surface area contributed by atoms with Crippen molar-refractivity contribution in [1.82, 2.24) is 14.5 Å². The van der Waals surface area contributed by atoms with E-state index >= 15 is 0 Å². The van der Waals surface area contributed by atoms with E-state index in [4.69, 9.17) is 0 Å². The van der Waals surface area contributed by atoms with Gasteiger partial charge in [0.25, 0.3) is 0 Å². The van der Waals surface area contributed by atoms with Crippen LogP contribution in [0, 0.1) is 11.8 Å². The maximum atomic E-state index is 12.5. The van der Waals surface area contributed by atoms with Gasteiger partial charge in [0, 0.05) is 25.4 Å². The van der Waals surface area contributed by atoms with Crippen molar-refractivity contribution in [3.05, 3.63) is 43.0 Å². The Labute approximate surface area is 145 Å². The summed E-state index contributed by atoms with van der Waals surface area (Å²) in [4.78, 5) is 18.8. The summed E-state index contributed by atoms with van der Waals surface area (Å²) < 4.78 is 2.11. The number of carbonyl (C=O) groups excluding carboxylic acids is 1. The maximum absolute atomic E-state index is 12.5. The minimum Gasteiger partial charge on any atom is -0.322 e. The maximum Gasteiger partial charge on any atom is 0.224 e. The third kappa shape index (κ3) is 4.16. The van der Waals surface area contributed by atoms with E-state index in [0.717, 1.165) is 45.1 Å². The summed E-state index contributed by atoms with van der Waals surface area (Å²) in [5.74, 6) is 1.49. The molecule has 1 fully saturated rings. The average molecular weight is 327 g/mol. The van der Waals surface area contributed by atoms with E-state index in [2.05, 4.69) is 45.7 Å². The molecule has 0 aromatic carbocycles. The Morgan fingerprint density at radius 2 is 2.25 bits per heavy atom. The highest BCUT2D eigenvalue weighted by molar-refractivity contribution is 5.78. The normalized spacial score (nSPS) is 24.7. The zero-order valence-corrected chi connectivity index (χ0v) is 14.7. The topological polar surface area (TPSA) is 38.1 Å². The molecule has 0 spiro atoms. The number of rotatable bonds is 8. The van der Waals surface area contributed by atoms with Gasteiger partial charge >= 0.3 is 0 Å². The molecule has 1 aromatic heterocycles. The second-order valence-corrected chi connectivity index (χ2v) is 7.14. The van der Waals surface area contributed by atoms with Gasteiger partial charge in [-0.1, -0.05) is 37.6 Å². The van der Waals surface area contributed by atoms with Gasteiger partial charge in [-0.2, -0.15) is 0 Å². The van der Waals surface area contributed by atoms with Crippen LogP contribution in [0.3, 0.4) is 0 Å². The van der Waals surface area contributed by atoms with Crippen molar-refractivity contribution >= 4 is 5.91 Å². The van der Waals surface area contributed by atoms with E-state index in [-0.39, 0.29) is 6.17 Å². The fraction of sp³-hybridized carbons (Fsp3) is 0.600. The number of hydrogen-bond donors (Lipinski definition) is 0. The summed E-state index contributed by atoms with van der Waals surface area (Å²) in [6.45, 7) is 3.11. The minimum absolute atomic E-state index is 0.130. The monoisotopic (exact) mass is 327 g/mol. The highest BCUT2D eigenvalue weighted by Gasteiger charge is 2.34. The third-order valence-corrected chi connectivity index (χ3v) is 5.27. The van der Waals surface area contributed by atoms with Gasteiger partial charge in [-0.15, -0.1) is 0 Å². The van der Waals surface area contributed by atoms with E-state index in [0.29, 0.717) is 17.7 Å². The van der Waals surface area contributed by atoms with Gasteiger partial charge in [0.05, 0.1) is 6.33 Å². The largest absolute Gasteiger partial charge is 0.322 e. The zero-order valence-electron chi connectivity index (χ0n) is 14.7. The SMILES string of the molecule is CCCC1CC(=O)N(C(CCCC2C=CC=CC2)n2ccnc2)C1. The predicted molar refractivity (Wildman–Crippen MR) is 96.2 cm³/mol. The molecule has 1 aliphatic carbocycles. The van der Waals surface area contributed by atoms with Crippen LogP contribution in [0.1, 0.15) is 58.0 Å². The first kappa shape index (κ1) is 17.0. The first-order chi connectivity index (χ1) is 11.8. The lowest BCUT2D eigenvalue weighted by Crippen LogP contribution is -2.33. The van der Waals surface area contributed by atoms with Gasteiger partial charge in [0.15, 0.2) is 0 Å². The lowest BCUT2D eigenvalue weighted by molar-refractivity contribution is -0.131. The van der Waals surface area contributed by atoms with Crippen LogP contribution in [0.15, 0.2) is 43.0 Å². The fourth-order valence-electron chi connectivity index (χ4n) is 4.02.